The Kier molecular flexibility index (Phi) is 4.73. The Morgan fingerprint density at radius 1 is 1.00 bits per heavy atom. The molecule has 0 bridgehead atoms. The lowest BCUT2D eigenvalue weighted by Gasteiger charge is -2.34. The topological polar surface area (TPSA) is 68.2 Å². The largest absolute Gasteiger partial charge is 0.325 e. The summed E-state index contributed by atoms with van der Waals surface area (Å²) < 4.78 is 0. The van der Waals surface area contributed by atoms with Crippen LogP contribution in [0.25, 0.3) is 0 Å². The van der Waals surface area contributed by atoms with Crippen molar-refractivity contribution in [2.45, 2.75) is 31.5 Å². The smallest absolute Gasteiger partial charge is 0.315 e. The summed E-state index contributed by atoms with van der Waals surface area (Å²) in [7, 11) is 1.67. The second-order valence-electron chi connectivity index (χ2n) is 8.18. The summed E-state index contributed by atoms with van der Waals surface area (Å²) in [5.74, 6) is 0.689. The molecule has 158 valence electrons. The molecule has 1 saturated heterocycles. The van der Waals surface area contributed by atoms with Gasteiger partial charge in [-0.05, 0) is 24.5 Å². The fraction of sp³-hybridized carbons (Fsp3) is 0.292. The summed E-state index contributed by atoms with van der Waals surface area (Å²) in [5, 5.41) is 2.42. The van der Waals surface area contributed by atoms with Gasteiger partial charge >= 0.3 is 6.03 Å². The van der Waals surface area contributed by atoms with E-state index in [4.69, 9.17) is 4.99 Å². The zero-order valence-electron chi connectivity index (χ0n) is 17.6. The number of carbonyl (C=O) groups is 2. The number of rotatable bonds is 5. The summed E-state index contributed by atoms with van der Waals surface area (Å²) in [5.41, 5.74) is 3.60. The first-order valence-electron chi connectivity index (χ1n) is 10.5. The Balaban J connectivity index is 1.40. The summed E-state index contributed by atoms with van der Waals surface area (Å²) in [6.45, 7) is 2.79. The number of likely N-dealkylation sites (N-methyl/N-ethyl adjacent to an activating group) is 1. The molecule has 7 nitrogen and oxygen atoms in total. The second-order valence-corrected chi connectivity index (χ2v) is 8.18. The van der Waals surface area contributed by atoms with Gasteiger partial charge in [-0.25, -0.2) is 9.79 Å². The SMILES string of the molecule is CC1=CN2C(=NC3C2C(=O)NC(=O)N3C)N1CCC(c1ccccc1)c1ccccc1. The number of hydrogen-bond acceptors (Lipinski definition) is 5. The minimum Gasteiger partial charge on any atom is -0.315 e. The molecule has 31 heavy (non-hydrogen) atoms. The number of benzene rings is 2. The van der Waals surface area contributed by atoms with Gasteiger partial charge in [0.05, 0.1) is 0 Å². The zero-order valence-corrected chi connectivity index (χ0v) is 17.6. The molecule has 0 aromatic heterocycles. The maximum absolute atomic E-state index is 12.5. The molecule has 1 N–H and O–H groups in total. The lowest BCUT2D eigenvalue weighted by molar-refractivity contribution is -0.126. The van der Waals surface area contributed by atoms with E-state index in [1.807, 2.05) is 30.2 Å². The van der Waals surface area contributed by atoms with E-state index in [2.05, 4.69) is 58.7 Å². The standard InChI is InChI=1S/C24H25N5O2/c1-16-15-29-20-21(27(2)24(31)26-22(20)30)25-23(29)28(16)14-13-19(17-9-5-3-6-10-17)18-11-7-4-8-12-18/h3-12,15,19-21H,13-14H2,1-2H3,(H,26,30,31). The van der Waals surface area contributed by atoms with E-state index in [-0.39, 0.29) is 11.8 Å². The molecule has 3 amide bonds. The molecule has 2 atom stereocenters. The number of nitrogens with zero attached hydrogens (tertiary/aromatic N) is 4. The molecule has 5 rings (SSSR count). The number of urea groups is 1. The maximum Gasteiger partial charge on any atom is 0.325 e. The van der Waals surface area contributed by atoms with Crippen LogP contribution in [0.3, 0.4) is 0 Å². The third kappa shape index (κ3) is 3.26. The van der Waals surface area contributed by atoms with Crippen LogP contribution in [0.2, 0.25) is 0 Å². The number of aliphatic imine (C=N–C) groups is 1. The lowest BCUT2D eigenvalue weighted by atomic mass is 9.88. The summed E-state index contributed by atoms with van der Waals surface area (Å²) in [4.78, 5) is 34.8. The van der Waals surface area contributed by atoms with E-state index in [9.17, 15) is 9.59 Å². The quantitative estimate of drug-likeness (QED) is 0.815. The van der Waals surface area contributed by atoms with Crippen molar-refractivity contribution in [1.29, 1.82) is 0 Å². The van der Waals surface area contributed by atoms with Crippen molar-refractivity contribution in [3.8, 4) is 0 Å². The van der Waals surface area contributed by atoms with E-state index in [0.29, 0.717) is 0 Å². The number of amides is 3. The number of allylic oxidation sites excluding steroid dienone is 1. The number of imide groups is 1. The van der Waals surface area contributed by atoms with Gasteiger partial charge in [-0.15, -0.1) is 0 Å². The van der Waals surface area contributed by atoms with E-state index in [0.717, 1.165) is 24.6 Å². The normalized spacial score (nSPS) is 22.4. The minimum atomic E-state index is -0.517. The van der Waals surface area contributed by atoms with Crippen LogP contribution < -0.4 is 5.32 Å². The maximum atomic E-state index is 12.5. The Bertz CT molecular complexity index is 1030. The molecule has 0 spiro atoms. The minimum absolute atomic E-state index is 0.251. The number of hydrogen-bond donors (Lipinski definition) is 1. The molecule has 3 aliphatic rings. The van der Waals surface area contributed by atoms with Gasteiger partial charge in [0.25, 0.3) is 5.91 Å². The van der Waals surface area contributed by atoms with Crippen molar-refractivity contribution in [1.82, 2.24) is 20.0 Å². The predicted molar refractivity (Wildman–Crippen MR) is 118 cm³/mol. The van der Waals surface area contributed by atoms with Crippen molar-refractivity contribution in [3.05, 3.63) is 83.7 Å². The molecule has 1 fully saturated rings. The fourth-order valence-corrected chi connectivity index (χ4v) is 4.68. The molecule has 3 aliphatic heterocycles. The molecule has 2 unspecified atom stereocenters. The molecular formula is C24H25N5O2. The van der Waals surface area contributed by atoms with Crippen LogP contribution in [-0.4, -0.2) is 58.4 Å². The molecule has 7 heteroatoms. The van der Waals surface area contributed by atoms with Gasteiger partial charge in [0.15, 0.2) is 12.2 Å². The van der Waals surface area contributed by atoms with Crippen LogP contribution in [0.1, 0.15) is 30.4 Å². The number of nitrogens with one attached hydrogen (secondary N) is 1. The van der Waals surface area contributed by atoms with Crippen LogP contribution in [0.4, 0.5) is 4.79 Å². The number of carbonyl (C=O) groups excluding carboxylic acids is 2. The number of fused-ring (bicyclic) bond motifs is 3. The van der Waals surface area contributed by atoms with E-state index < -0.39 is 18.2 Å². The van der Waals surface area contributed by atoms with Gasteiger partial charge in [0.1, 0.15) is 0 Å². The van der Waals surface area contributed by atoms with Crippen LogP contribution >= 0.6 is 0 Å². The van der Waals surface area contributed by atoms with Crippen molar-refractivity contribution in [2.24, 2.45) is 4.99 Å². The summed E-state index contributed by atoms with van der Waals surface area (Å²) in [6, 6.07) is 20.1. The molecule has 0 aliphatic carbocycles. The highest BCUT2D eigenvalue weighted by Crippen LogP contribution is 2.34. The number of guanidine groups is 1. The van der Waals surface area contributed by atoms with Gasteiger partial charge in [0.2, 0.25) is 5.96 Å². The van der Waals surface area contributed by atoms with Crippen LogP contribution in [0, 0.1) is 0 Å². The van der Waals surface area contributed by atoms with Crippen LogP contribution in [0.15, 0.2) is 77.6 Å². The third-order valence-electron chi connectivity index (χ3n) is 6.32. The van der Waals surface area contributed by atoms with E-state index >= 15 is 0 Å². The average molecular weight is 415 g/mol. The highest BCUT2D eigenvalue weighted by atomic mass is 16.2. The van der Waals surface area contributed by atoms with Gasteiger partial charge in [-0.2, -0.15) is 0 Å². The molecule has 0 saturated carbocycles. The first kappa shape index (κ1) is 19.4. The fourth-order valence-electron chi connectivity index (χ4n) is 4.68. The van der Waals surface area contributed by atoms with Gasteiger partial charge in [0, 0.05) is 31.4 Å². The first-order valence-corrected chi connectivity index (χ1v) is 10.5. The van der Waals surface area contributed by atoms with Crippen LogP contribution in [0.5, 0.6) is 0 Å². The Morgan fingerprint density at radius 3 is 2.23 bits per heavy atom. The highest BCUT2D eigenvalue weighted by molar-refractivity contribution is 6.04. The predicted octanol–water partition coefficient (Wildman–Crippen LogP) is 2.93. The molecular weight excluding hydrogens is 390 g/mol. The van der Waals surface area contributed by atoms with Crippen molar-refractivity contribution >= 4 is 17.9 Å². The Morgan fingerprint density at radius 2 is 1.61 bits per heavy atom. The highest BCUT2D eigenvalue weighted by Gasteiger charge is 2.51. The second kappa shape index (κ2) is 7.58. The van der Waals surface area contributed by atoms with E-state index in [1.54, 1.807) is 7.05 Å². The Labute approximate surface area is 181 Å². The van der Waals surface area contributed by atoms with Crippen molar-refractivity contribution < 1.29 is 9.59 Å². The molecule has 0 radical (unpaired) electrons. The average Bonchev–Trinajstić information content (AvgIpc) is 3.29. The van der Waals surface area contributed by atoms with Crippen LogP contribution in [-0.2, 0) is 4.79 Å². The third-order valence-corrected chi connectivity index (χ3v) is 6.32. The van der Waals surface area contributed by atoms with Gasteiger partial charge < -0.3 is 14.7 Å². The van der Waals surface area contributed by atoms with Crippen molar-refractivity contribution in [2.75, 3.05) is 13.6 Å². The lowest BCUT2D eigenvalue weighted by Crippen LogP contribution is -2.62. The molecule has 2 aromatic rings. The summed E-state index contributed by atoms with van der Waals surface area (Å²) >= 11 is 0. The zero-order chi connectivity index (χ0) is 21.5. The molecule has 2 aromatic carbocycles. The summed E-state index contributed by atoms with van der Waals surface area (Å²) in [6.07, 6.45) is 2.36. The van der Waals surface area contributed by atoms with Gasteiger partial charge in [-0.3, -0.25) is 10.1 Å². The molecule has 3 heterocycles. The van der Waals surface area contributed by atoms with Crippen molar-refractivity contribution in [3.63, 3.8) is 0 Å². The first-order chi connectivity index (χ1) is 15.0. The Hall–Kier alpha value is -3.61. The monoisotopic (exact) mass is 415 g/mol. The van der Waals surface area contributed by atoms with Gasteiger partial charge in [-0.1, -0.05) is 60.7 Å². The van der Waals surface area contributed by atoms with E-state index in [1.165, 1.54) is 16.0 Å².